The van der Waals surface area contributed by atoms with Crippen molar-refractivity contribution in [2.75, 3.05) is 0 Å². The first-order chi connectivity index (χ1) is 7.18. The third kappa shape index (κ3) is 1.97. The van der Waals surface area contributed by atoms with E-state index in [2.05, 4.69) is 5.32 Å². The summed E-state index contributed by atoms with van der Waals surface area (Å²) in [5.41, 5.74) is 0.855. The molecule has 78 valence electrons. The maximum Gasteiger partial charge on any atom is 0.327 e. The number of carboxylic acid groups (broad SMARTS) is 1. The number of carbonyl (C=O) groups is 2. The fraction of sp³-hybridized carbons (Fsp3) is 0.200. The number of benzene rings is 1. The van der Waals surface area contributed by atoms with Crippen LogP contribution in [0.4, 0.5) is 4.79 Å². The van der Waals surface area contributed by atoms with Gasteiger partial charge in [-0.3, -0.25) is 4.79 Å². The molecule has 1 heterocycles. The van der Waals surface area contributed by atoms with E-state index in [0.29, 0.717) is 0 Å². The Morgan fingerprint density at radius 3 is 2.60 bits per heavy atom. The van der Waals surface area contributed by atoms with Crippen molar-refractivity contribution in [3.8, 4) is 0 Å². The quantitative estimate of drug-likeness (QED) is 0.799. The highest BCUT2D eigenvalue weighted by atomic mass is 32.2. The normalized spacial score (nSPS) is 24.9. The number of hydrogen-bond donors (Lipinski definition) is 2. The van der Waals surface area contributed by atoms with Crippen molar-refractivity contribution >= 4 is 23.0 Å². The first kappa shape index (κ1) is 10.0. The smallest absolute Gasteiger partial charge is 0.327 e. The minimum Gasteiger partial charge on any atom is -0.480 e. The van der Waals surface area contributed by atoms with Crippen LogP contribution in [-0.2, 0) is 4.79 Å². The first-order valence-electron chi connectivity index (χ1n) is 4.43. The molecule has 0 spiro atoms. The highest BCUT2D eigenvalue weighted by molar-refractivity contribution is 8.14. The van der Waals surface area contributed by atoms with Crippen LogP contribution in [0.25, 0.3) is 0 Å². The van der Waals surface area contributed by atoms with Crippen molar-refractivity contribution in [3.63, 3.8) is 0 Å². The minimum atomic E-state index is -0.998. The van der Waals surface area contributed by atoms with Crippen LogP contribution in [0.5, 0.6) is 0 Å². The van der Waals surface area contributed by atoms with Crippen LogP contribution in [0, 0.1) is 0 Å². The summed E-state index contributed by atoms with van der Waals surface area (Å²) in [6, 6.07) is 8.34. The van der Waals surface area contributed by atoms with Crippen molar-refractivity contribution in [1.82, 2.24) is 5.32 Å². The molecule has 0 aliphatic carbocycles. The van der Waals surface area contributed by atoms with Gasteiger partial charge in [-0.15, -0.1) is 0 Å². The zero-order chi connectivity index (χ0) is 10.8. The van der Waals surface area contributed by atoms with Crippen molar-refractivity contribution in [2.24, 2.45) is 0 Å². The molecule has 2 atom stereocenters. The standard InChI is InChI=1S/C10H9NO3S/c12-9(13)7-8(15-10(14)11-7)6-4-2-1-3-5-6/h1-5,7-8H,(H,11,14)(H,12,13). The fourth-order valence-electron chi connectivity index (χ4n) is 1.51. The largest absolute Gasteiger partial charge is 0.480 e. The Morgan fingerprint density at radius 2 is 2.00 bits per heavy atom. The number of hydrogen-bond acceptors (Lipinski definition) is 3. The van der Waals surface area contributed by atoms with E-state index in [1.54, 1.807) is 0 Å². The van der Waals surface area contributed by atoms with Gasteiger partial charge in [-0.1, -0.05) is 42.1 Å². The maximum atomic E-state index is 11.1. The molecular weight excluding hydrogens is 214 g/mol. The second kappa shape index (κ2) is 3.94. The summed E-state index contributed by atoms with van der Waals surface area (Å²) in [7, 11) is 0. The zero-order valence-electron chi connectivity index (χ0n) is 7.71. The fourth-order valence-corrected chi connectivity index (χ4v) is 2.55. The molecule has 1 fully saturated rings. The second-order valence-electron chi connectivity index (χ2n) is 3.20. The van der Waals surface area contributed by atoms with Crippen LogP contribution < -0.4 is 5.32 Å². The molecule has 5 heteroatoms. The Labute approximate surface area is 90.7 Å². The van der Waals surface area contributed by atoms with E-state index in [-0.39, 0.29) is 10.5 Å². The lowest BCUT2D eigenvalue weighted by Crippen LogP contribution is -2.35. The number of carboxylic acids is 1. The number of carbonyl (C=O) groups excluding carboxylic acids is 1. The number of amides is 1. The zero-order valence-corrected chi connectivity index (χ0v) is 8.53. The van der Waals surface area contributed by atoms with E-state index in [0.717, 1.165) is 17.3 Å². The molecule has 0 radical (unpaired) electrons. The number of rotatable bonds is 2. The van der Waals surface area contributed by atoms with E-state index >= 15 is 0 Å². The average Bonchev–Trinajstić information content (AvgIpc) is 2.62. The molecule has 1 aromatic rings. The highest BCUT2D eigenvalue weighted by Crippen LogP contribution is 2.37. The van der Waals surface area contributed by atoms with Crippen LogP contribution in [0.15, 0.2) is 30.3 Å². The summed E-state index contributed by atoms with van der Waals surface area (Å²) < 4.78 is 0. The summed E-state index contributed by atoms with van der Waals surface area (Å²) in [5, 5.41) is 10.7. The van der Waals surface area contributed by atoms with Crippen molar-refractivity contribution < 1.29 is 14.7 Å². The summed E-state index contributed by atoms with van der Waals surface area (Å²) >= 11 is 1.02. The molecule has 1 amide bonds. The van der Waals surface area contributed by atoms with Gasteiger partial charge in [0.2, 0.25) is 0 Å². The van der Waals surface area contributed by atoms with E-state index in [4.69, 9.17) is 5.11 Å². The first-order valence-corrected chi connectivity index (χ1v) is 5.31. The van der Waals surface area contributed by atoms with Gasteiger partial charge in [0.1, 0.15) is 6.04 Å². The number of aliphatic carboxylic acids is 1. The third-order valence-electron chi connectivity index (χ3n) is 2.20. The Hall–Kier alpha value is -1.49. The second-order valence-corrected chi connectivity index (χ2v) is 4.31. The Bertz CT molecular complexity index is 393. The number of thioether (sulfide) groups is 1. The molecule has 2 N–H and O–H groups in total. The van der Waals surface area contributed by atoms with Gasteiger partial charge in [0, 0.05) is 0 Å². The average molecular weight is 223 g/mol. The summed E-state index contributed by atoms with van der Waals surface area (Å²) in [6.07, 6.45) is 0. The van der Waals surface area contributed by atoms with E-state index < -0.39 is 12.0 Å². The van der Waals surface area contributed by atoms with Crippen LogP contribution in [0.1, 0.15) is 10.8 Å². The van der Waals surface area contributed by atoms with Crippen molar-refractivity contribution in [1.29, 1.82) is 0 Å². The Kier molecular flexibility index (Phi) is 2.64. The van der Waals surface area contributed by atoms with Gasteiger partial charge in [-0.25, -0.2) is 4.79 Å². The van der Waals surface area contributed by atoms with Gasteiger partial charge in [-0.2, -0.15) is 0 Å². The van der Waals surface area contributed by atoms with E-state index in [1.807, 2.05) is 30.3 Å². The predicted molar refractivity (Wildman–Crippen MR) is 56.7 cm³/mol. The molecule has 1 aliphatic heterocycles. The SMILES string of the molecule is O=C1NC(C(=O)O)C(c2ccccc2)S1. The molecule has 0 saturated carbocycles. The molecule has 1 aliphatic rings. The summed E-state index contributed by atoms with van der Waals surface area (Å²) in [4.78, 5) is 22.0. The highest BCUT2D eigenvalue weighted by Gasteiger charge is 2.39. The van der Waals surface area contributed by atoms with Crippen LogP contribution in [0.2, 0.25) is 0 Å². The molecule has 2 rings (SSSR count). The molecule has 15 heavy (non-hydrogen) atoms. The van der Waals surface area contributed by atoms with Crippen molar-refractivity contribution in [2.45, 2.75) is 11.3 Å². The minimum absolute atomic E-state index is 0.281. The lowest BCUT2D eigenvalue weighted by atomic mass is 10.1. The molecular formula is C10H9NO3S. The van der Waals surface area contributed by atoms with Gasteiger partial charge >= 0.3 is 5.97 Å². The Balaban J connectivity index is 2.28. The van der Waals surface area contributed by atoms with Gasteiger partial charge < -0.3 is 10.4 Å². The van der Waals surface area contributed by atoms with E-state index in [9.17, 15) is 9.59 Å². The molecule has 4 nitrogen and oxygen atoms in total. The van der Waals surface area contributed by atoms with Gasteiger partial charge in [-0.05, 0) is 5.56 Å². The predicted octanol–water partition coefficient (Wildman–Crippen LogP) is 1.64. The van der Waals surface area contributed by atoms with Crippen LogP contribution in [0.3, 0.4) is 0 Å². The van der Waals surface area contributed by atoms with Crippen LogP contribution in [-0.4, -0.2) is 22.4 Å². The number of nitrogens with one attached hydrogen (secondary N) is 1. The van der Waals surface area contributed by atoms with E-state index in [1.165, 1.54) is 0 Å². The van der Waals surface area contributed by atoms with Crippen LogP contribution >= 0.6 is 11.8 Å². The topological polar surface area (TPSA) is 66.4 Å². The lowest BCUT2D eigenvalue weighted by Gasteiger charge is -2.13. The summed E-state index contributed by atoms with van der Waals surface area (Å²) in [5.74, 6) is -0.998. The molecule has 2 unspecified atom stereocenters. The molecule has 0 bridgehead atoms. The summed E-state index contributed by atoms with van der Waals surface area (Å²) in [6.45, 7) is 0. The third-order valence-corrected chi connectivity index (χ3v) is 3.33. The van der Waals surface area contributed by atoms with Gasteiger partial charge in [0.25, 0.3) is 5.24 Å². The molecule has 1 saturated heterocycles. The molecule has 1 aromatic carbocycles. The Morgan fingerprint density at radius 1 is 1.33 bits per heavy atom. The maximum absolute atomic E-state index is 11.1. The monoisotopic (exact) mass is 223 g/mol. The van der Waals surface area contributed by atoms with Gasteiger partial charge in [0.15, 0.2) is 0 Å². The molecule has 0 aromatic heterocycles. The van der Waals surface area contributed by atoms with Crippen molar-refractivity contribution in [3.05, 3.63) is 35.9 Å². The lowest BCUT2D eigenvalue weighted by molar-refractivity contribution is -0.139. The van der Waals surface area contributed by atoms with Gasteiger partial charge in [0.05, 0.1) is 5.25 Å².